The first-order valence-electron chi connectivity index (χ1n) is 6.49. The lowest BCUT2D eigenvalue weighted by atomic mass is 10.1. The second-order valence-electron chi connectivity index (χ2n) is 4.65. The SMILES string of the molecule is CCOC(=O)CCOc1cc(O)c2c(c1)CC(N)C2. The third-order valence-electron chi connectivity index (χ3n) is 3.12. The van der Waals surface area contributed by atoms with E-state index in [9.17, 15) is 9.90 Å². The quantitative estimate of drug-likeness (QED) is 0.780. The Bertz CT molecular complexity index is 473. The average Bonchev–Trinajstić information content (AvgIpc) is 2.70. The van der Waals surface area contributed by atoms with E-state index in [1.165, 1.54) is 0 Å². The maximum Gasteiger partial charge on any atom is 0.309 e. The Balaban J connectivity index is 1.94. The van der Waals surface area contributed by atoms with Gasteiger partial charge in [0, 0.05) is 12.1 Å². The molecular formula is C14H19NO4. The molecule has 0 bridgehead atoms. The number of fused-ring (bicyclic) bond motifs is 1. The van der Waals surface area contributed by atoms with Crippen LogP contribution in [0.2, 0.25) is 0 Å². The number of phenolic OH excluding ortho intramolecular Hbond substituents is 1. The summed E-state index contributed by atoms with van der Waals surface area (Å²) in [6.45, 7) is 2.37. The van der Waals surface area contributed by atoms with E-state index in [2.05, 4.69) is 0 Å². The second kappa shape index (κ2) is 5.93. The molecule has 0 radical (unpaired) electrons. The predicted molar refractivity (Wildman–Crippen MR) is 70.2 cm³/mol. The van der Waals surface area contributed by atoms with Crippen LogP contribution in [0.15, 0.2) is 12.1 Å². The number of ether oxygens (including phenoxy) is 2. The lowest BCUT2D eigenvalue weighted by Crippen LogP contribution is -2.19. The Morgan fingerprint density at radius 3 is 3.00 bits per heavy atom. The zero-order valence-corrected chi connectivity index (χ0v) is 11.0. The van der Waals surface area contributed by atoms with Crippen LogP contribution < -0.4 is 10.5 Å². The van der Waals surface area contributed by atoms with Gasteiger partial charge in [-0.15, -0.1) is 0 Å². The summed E-state index contributed by atoms with van der Waals surface area (Å²) >= 11 is 0. The first kappa shape index (κ1) is 13.7. The number of esters is 1. The fraction of sp³-hybridized carbons (Fsp3) is 0.500. The summed E-state index contributed by atoms with van der Waals surface area (Å²) in [6.07, 6.45) is 1.65. The largest absolute Gasteiger partial charge is 0.508 e. The summed E-state index contributed by atoms with van der Waals surface area (Å²) in [5.41, 5.74) is 7.80. The Morgan fingerprint density at radius 2 is 2.26 bits per heavy atom. The number of hydrogen-bond donors (Lipinski definition) is 2. The number of carbonyl (C=O) groups is 1. The highest BCUT2D eigenvalue weighted by Gasteiger charge is 2.22. The number of aromatic hydroxyl groups is 1. The molecule has 0 aromatic heterocycles. The highest BCUT2D eigenvalue weighted by Crippen LogP contribution is 2.33. The topological polar surface area (TPSA) is 81.8 Å². The predicted octanol–water partition coefficient (Wildman–Crippen LogP) is 1.15. The minimum absolute atomic E-state index is 0.0654. The van der Waals surface area contributed by atoms with Crippen molar-refractivity contribution in [3.63, 3.8) is 0 Å². The number of benzene rings is 1. The molecule has 1 aromatic carbocycles. The molecule has 0 spiro atoms. The van der Waals surface area contributed by atoms with Gasteiger partial charge in [0.15, 0.2) is 0 Å². The number of rotatable bonds is 5. The van der Waals surface area contributed by atoms with E-state index in [-0.39, 0.29) is 30.8 Å². The molecular weight excluding hydrogens is 246 g/mol. The average molecular weight is 265 g/mol. The van der Waals surface area contributed by atoms with Crippen LogP contribution in [0.5, 0.6) is 11.5 Å². The van der Waals surface area contributed by atoms with Crippen molar-refractivity contribution in [3.8, 4) is 11.5 Å². The fourth-order valence-corrected chi connectivity index (χ4v) is 2.29. The van der Waals surface area contributed by atoms with Crippen molar-refractivity contribution < 1.29 is 19.4 Å². The van der Waals surface area contributed by atoms with Crippen LogP contribution in [0.4, 0.5) is 0 Å². The lowest BCUT2D eigenvalue weighted by Gasteiger charge is -2.09. The Hall–Kier alpha value is -1.75. The van der Waals surface area contributed by atoms with Crippen molar-refractivity contribution in [2.45, 2.75) is 32.2 Å². The monoisotopic (exact) mass is 265 g/mol. The molecule has 19 heavy (non-hydrogen) atoms. The maximum atomic E-state index is 11.2. The van der Waals surface area contributed by atoms with Crippen molar-refractivity contribution in [3.05, 3.63) is 23.3 Å². The molecule has 2 rings (SSSR count). The highest BCUT2D eigenvalue weighted by atomic mass is 16.5. The van der Waals surface area contributed by atoms with Crippen LogP contribution in [0, 0.1) is 0 Å². The van der Waals surface area contributed by atoms with Crippen molar-refractivity contribution >= 4 is 5.97 Å². The summed E-state index contributed by atoms with van der Waals surface area (Å²) < 4.78 is 10.3. The number of hydrogen-bond acceptors (Lipinski definition) is 5. The zero-order valence-electron chi connectivity index (χ0n) is 11.0. The molecule has 1 aliphatic carbocycles. The zero-order chi connectivity index (χ0) is 13.8. The molecule has 5 nitrogen and oxygen atoms in total. The molecule has 1 atom stereocenters. The molecule has 0 amide bonds. The van der Waals surface area contributed by atoms with Crippen LogP contribution in [-0.2, 0) is 22.4 Å². The van der Waals surface area contributed by atoms with E-state index < -0.39 is 0 Å². The van der Waals surface area contributed by atoms with E-state index in [1.54, 1.807) is 13.0 Å². The molecule has 1 aliphatic rings. The fourth-order valence-electron chi connectivity index (χ4n) is 2.29. The minimum atomic E-state index is -0.282. The van der Waals surface area contributed by atoms with Gasteiger partial charge in [0.1, 0.15) is 11.5 Å². The molecule has 104 valence electrons. The number of nitrogens with two attached hydrogens (primary N) is 1. The summed E-state index contributed by atoms with van der Waals surface area (Å²) in [7, 11) is 0. The first-order chi connectivity index (χ1) is 9.10. The van der Waals surface area contributed by atoms with E-state index in [0.29, 0.717) is 18.8 Å². The van der Waals surface area contributed by atoms with E-state index in [1.807, 2.05) is 6.07 Å². The van der Waals surface area contributed by atoms with Crippen LogP contribution in [0.25, 0.3) is 0 Å². The minimum Gasteiger partial charge on any atom is -0.508 e. The number of phenols is 1. The molecule has 1 aromatic rings. The standard InChI is InChI=1S/C14H19NO4/c1-2-18-14(17)3-4-19-11-6-9-5-10(15)7-12(9)13(16)8-11/h6,8,10,16H,2-5,7,15H2,1H3. The second-order valence-corrected chi connectivity index (χ2v) is 4.65. The summed E-state index contributed by atoms with van der Waals surface area (Å²) in [6, 6.07) is 3.52. The van der Waals surface area contributed by atoms with Gasteiger partial charge in [-0.1, -0.05) is 0 Å². The normalized spacial score (nSPS) is 17.1. The van der Waals surface area contributed by atoms with Crippen LogP contribution in [0.1, 0.15) is 24.5 Å². The first-order valence-corrected chi connectivity index (χ1v) is 6.49. The van der Waals surface area contributed by atoms with Crippen LogP contribution >= 0.6 is 0 Å². The van der Waals surface area contributed by atoms with Gasteiger partial charge >= 0.3 is 5.97 Å². The summed E-state index contributed by atoms with van der Waals surface area (Å²) in [5, 5.41) is 9.90. The van der Waals surface area contributed by atoms with E-state index >= 15 is 0 Å². The summed E-state index contributed by atoms with van der Waals surface area (Å²) in [5.74, 6) is 0.501. The molecule has 0 saturated heterocycles. The maximum absolute atomic E-state index is 11.2. The number of carbonyl (C=O) groups excluding carboxylic acids is 1. The van der Waals surface area contributed by atoms with Gasteiger partial charge in [0.2, 0.25) is 0 Å². The van der Waals surface area contributed by atoms with Gasteiger partial charge in [-0.05, 0) is 37.0 Å². The smallest absolute Gasteiger partial charge is 0.309 e. The molecule has 0 fully saturated rings. The van der Waals surface area contributed by atoms with Gasteiger partial charge in [-0.2, -0.15) is 0 Å². The molecule has 1 unspecified atom stereocenters. The van der Waals surface area contributed by atoms with Crippen molar-refractivity contribution in [1.82, 2.24) is 0 Å². The highest BCUT2D eigenvalue weighted by molar-refractivity contribution is 5.69. The lowest BCUT2D eigenvalue weighted by molar-refractivity contribution is -0.143. The Kier molecular flexibility index (Phi) is 4.27. The molecule has 3 N–H and O–H groups in total. The van der Waals surface area contributed by atoms with Gasteiger partial charge < -0.3 is 20.3 Å². The Labute approximate surface area is 112 Å². The summed E-state index contributed by atoms with van der Waals surface area (Å²) in [4.78, 5) is 11.2. The molecule has 5 heteroatoms. The van der Waals surface area contributed by atoms with Crippen molar-refractivity contribution in [2.75, 3.05) is 13.2 Å². The van der Waals surface area contributed by atoms with Gasteiger partial charge in [0.25, 0.3) is 0 Å². The molecule has 0 heterocycles. The van der Waals surface area contributed by atoms with Gasteiger partial charge in [-0.3, -0.25) is 4.79 Å². The van der Waals surface area contributed by atoms with Gasteiger partial charge in [-0.25, -0.2) is 0 Å². The molecule has 0 saturated carbocycles. The van der Waals surface area contributed by atoms with Gasteiger partial charge in [0.05, 0.1) is 19.6 Å². The molecule has 0 aliphatic heterocycles. The van der Waals surface area contributed by atoms with E-state index in [0.717, 1.165) is 17.5 Å². The van der Waals surface area contributed by atoms with Crippen molar-refractivity contribution in [2.24, 2.45) is 5.73 Å². The Morgan fingerprint density at radius 1 is 1.47 bits per heavy atom. The van der Waals surface area contributed by atoms with Crippen molar-refractivity contribution in [1.29, 1.82) is 0 Å². The third kappa shape index (κ3) is 3.38. The third-order valence-corrected chi connectivity index (χ3v) is 3.12. The van der Waals surface area contributed by atoms with E-state index in [4.69, 9.17) is 15.2 Å². The van der Waals surface area contributed by atoms with Crippen LogP contribution in [-0.4, -0.2) is 30.3 Å². The van der Waals surface area contributed by atoms with Crippen LogP contribution in [0.3, 0.4) is 0 Å².